The van der Waals surface area contributed by atoms with Crippen LogP contribution in [0.25, 0.3) is 0 Å². The van der Waals surface area contributed by atoms with Gasteiger partial charge in [-0.1, -0.05) is 17.7 Å². The summed E-state index contributed by atoms with van der Waals surface area (Å²) in [5.74, 6) is -0.257. The lowest BCUT2D eigenvalue weighted by atomic mass is 10.2. The first-order chi connectivity index (χ1) is 12.5. The first kappa shape index (κ1) is 18.2. The molecule has 0 fully saturated rings. The predicted octanol–water partition coefficient (Wildman–Crippen LogP) is 4.52. The molecular weight excluding hydrogens is 374 g/mol. The fraction of sp³-hybridized carbons (Fsp3) is 0.167. The van der Waals surface area contributed by atoms with Gasteiger partial charge in [-0.15, -0.1) is 11.3 Å². The number of furan rings is 1. The number of nitrogens with one attached hydrogen (secondary N) is 2. The number of nitrogens with zero attached hydrogens (tertiary/aromatic N) is 1. The van der Waals surface area contributed by atoms with Crippen molar-refractivity contribution in [2.75, 3.05) is 10.6 Å². The highest BCUT2D eigenvalue weighted by molar-refractivity contribution is 7.13. The number of amides is 2. The molecule has 2 heterocycles. The Kier molecular flexibility index (Phi) is 5.70. The number of hydrogen-bond donors (Lipinski definition) is 2. The summed E-state index contributed by atoms with van der Waals surface area (Å²) in [7, 11) is 0. The molecule has 26 heavy (non-hydrogen) atoms. The molecule has 6 nitrogen and oxygen atoms in total. The van der Waals surface area contributed by atoms with Gasteiger partial charge in [-0.25, -0.2) is 4.98 Å². The first-order valence-electron chi connectivity index (χ1n) is 7.86. The quantitative estimate of drug-likeness (QED) is 0.649. The molecule has 0 aliphatic carbocycles. The summed E-state index contributed by atoms with van der Waals surface area (Å²) in [6.07, 6.45) is 2.18. The van der Waals surface area contributed by atoms with E-state index in [9.17, 15) is 9.59 Å². The molecule has 134 valence electrons. The van der Waals surface area contributed by atoms with Crippen molar-refractivity contribution >= 4 is 45.6 Å². The van der Waals surface area contributed by atoms with Gasteiger partial charge in [-0.2, -0.15) is 0 Å². The number of thiazole rings is 1. The smallest absolute Gasteiger partial charge is 0.293 e. The summed E-state index contributed by atoms with van der Waals surface area (Å²) in [6, 6.07) is 8.57. The maximum absolute atomic E-state index is 12.1. The number of carbonyl (C=O) groups is 2. The van der Waals surface area contributed by atoms with Gasteiger partial charge in [0.05, 0.1) is 12.0 Å². The van der Waals surface area contributed by atoms with Gasteiger partial charge >= 0.3 is 0 Å². The second-order valence-electron chi connectivity index (χ2n) is 5.58. The van der Waals surface area contributed by atoms with Crippen LogP contribution in [-0.2, 0) is 11.2 Å². The maximum Gasteiger partial charge on any atom is 0.293 e. The second-order valence-corrected chi connectivity index (χ2v) is 6.88. The zero-order chi connectivity index (χ0) is 18.5. The van der Waals surface area contributed by atoms with Gasteiger partial charge in [0, 0.05) is 22.5 Å². The van der Waals surface area contributed by atoms with Crippen LogP contribution < -0.4 is 10.6 Å². The normalized spacial score (nSPS) is 10.5. The molecule has 1 aromatic carbocycles. The van der Waals surface area contributed by atoms with E-state index in [0.717, 1.165) is 11.3 Å². The van der Waals surface area contributed by atoms with Crippen LogP contribution in [0.15, 0.2) is 46.4 Å². The number of aryl methyl sites for hydroxylation is 2. The molecule has 2 aromatic heterocycles. The minimum absolute atomic E-state index is 0.121. The van der Waals surface area contributed by atoms with E-state index >= 15 is 0 Å². The van der Waals surface area contributed by atoms with Crippen LogP contribution in [0.5, 0.6) is 0 Å². The third-order valence-electron chi connectivity index (χ3n) is 3.60. The number of benzene rings is 1. The van der Waals surface area contributed by atoms with Crippen molar-refractivity contribution in [2.45, 2.75) is 19.8 Å². The van der Waals surface area contributed by atoms with Crippen LogP contribution in [-0.4, -0.2) is 16.8 Å². The Morgan fingerprint density at radius 1 is 1.27 bits per heavy atom. The van der Waals surface area contributed by atoms with Gasteiger partial charge in [0.25, 0.3) is 5.91 Å². The highest BCUT2D eigenvalue weighted by Gasteiger charge is 2.12. The molecule has 0 aliphatic rings. The Balaban J connectivity index is 1.52. The van der Waals surface area contributed by atoms with Gasteiger partial charge in [0.15, 0.2) is 10.9 Å². The Morgan fingerprint density at radius 2 is 2.12 bits per heavy atom. The lowest BCUT2D eigenvalue weighted by molar-refractivity contribution is -0.116. The van der Waals surface area contributed by atoms with Crippen molar-refractivity contribution in [3.63, 3.8) is 0 Å². The van der Waals surface area contributed by atoms with Crippen molar-refractivity contribution in [1.29, 1.82) is 0 Å². The SMILES string of the molecule is Cc1ccc(Cl)cc1NC(=O)CCc1csc(NC(=O)c2ccco2)n1. The highest BCUT2D eigenvalue weighted by Crippen LogP contribution is 2.21. The molecule has 8 heteroatoms. The van der Waals surface area contributed by atoms with Crippen molar-refractivity contribution < 1.29 is 14.0 Å². The minimum Gasteiger partial charge on any atom is -0.459 e. The molecule has 0 aliphatic heterocycles. The van der Waals surface area contributed by atoms with E-state index in [2.05, 4.69) is 15.6 Å². The molecule has 0 saturated heterocycles. The second kappa shape index (κ2) is 8.16. The third kappa shape index (κ3) is 4.71. The van der Waals surface area contributed by atoms with E-state index in [0.29, 0.717) is 22.3 Å². The average molecular weight is 390 g/mol. The molecule has 0 spiro atoms. The largest absolute Gasteiger partial charge is 0.459 e. The average Bonchev–Trinajstić information content (AvgIpc) is 3.28. The first-order valence-corrected chi connectivity index (χ1v) is 9.12. The van der Waals surface area contributed by atoms with E-state index in [1.807, 2.05) is 18.4 Å². The number of hydrogen-bond acceptors (Lipinski definition) is 5. The lowest BCUT2D eigenvalue weighted by Gasteiger charge is -2.08. The molecule has 0 bridgehead atoms. The molecule has 2 amide bonds. The fourth-order valence-electron chi connectivity index (χ4n) is 2.23. The van der Waals surface area contributed by atoms with E-state index in [1.165, 1.54) is 17.6 Å². The zero-order valence-corrected chi connectivity index (χ0v) is 15.5. The number of anilines is 2. The van der Waals surface area contributed by atoms with E-state index in [-0.39, 0.29) is 24.0 Å². The van der Waals surface area contributed by atoms with Crippen LogP contribution in [0.4, 0.5) is 10.8 Å². The summed E-state index contributed by atoms with van der Waals surface area (Å²) in [5, 5.41) is 8.37. The molecule has 3 aromatic rings. The summed E-state index contributed by atoms with van der Waals surface area (Å²) in [4.78, 5) is 28.3. The number of carbonyl (C=O) groups excluding carboxylic acids is 2. The standard InChI is InChI=1S/C18H16ClN3O3S/c1-11-4-5-12(19)9-14(11)21-16(23)7-6-13-10-26-18(20-13)22-17(24)15-3-2-8-25-15/h2-5,8-10H,6-7H2,1H3,(H,21,23)(H,20,22,24). The predicted molar refractivity (Wildman–Crippen MR) is 102 cm³/mol. The highest BCUT2D eigenvalue weighted by atomic mass is 35.5. The molecular formula is C18H16ClN3O3S. The van der Waals surface area contributed by atoms with Gasteiger partial charge in [-0.3, -0.25) is 14.9 Å². The monoisotopic (exact) mass is 389 g/mol. The number of aromatic nitrogens is 1. The molecule has 0 radical (unpaired) electrons. The van der Waals surface area contributed by atoms with Crippen LogP contribution in [0.3, 0.4) is 0 Å². The molecule has 0 saturated carbocycles. The zero-order valence-electron chi connectivity index (χ0n) is 13.9. The molecule has 3 rings (SSSR count). The Labute approximate surface area is 159 Å². The summed E-state index contributed by atoms with van der Waals surface area (Å²) >= 11 is 7.25. The van der Waals surface area contributed by atoms with Crippen molar-refractivity contribution in [3.05, 3.63) is 64.0 Å². The topological polar surface area (TPSA) is 84.2 Å². The summed E-state index contributed by atoms with van der Waals surface area (Å²) in [5.41, 5.74) is 2.38. The van der Waals surface area contributed by atoms with E-state index in [4.69, 9.17) is 16.0 Å². The summed E-state index contributed by atoms with van der Waals surface area (Å²) < 4.78 is 5.03. The number of rotatable bonds is 6. The van der Waals surface area contributed by atoms with E-state index < -0.39 is 0 Å². The fourth-order valence-corrected chi connectivity index (χ4v) is 3.14. The van der Waals surface area contributed by atoms with Crippen LogP contribution in [0.2, 0.25) is 5.02 Å². The summed E-state index contributed by atoms with van der Waals surface area (Å²) in [6.45, 7) is 1.90. The Hall–Kier alpha value is -2.64. The van der Waals surface area contributed by atoms with Crippen molar-refractivity contribution in [1.82, 2.24) is 4.98 Å². The Bertz CT molecular complexity index is 922. The van der Waals surface area contributed by atoms with Crippen LogP contribution in [0, 0.1) is 6.92 Å². The van der Waals surface area contributed by atoms with Crippen molar-refractivity contribution in [3.8, 4) is 0 Å². The molecule has 0 atom stereocenters. The maximum atomic E-state index is 12.1. The molecule has 0 unspecified atom stereocenters. The van der Waals surface area contributed by atoms with Gasteiger partial charge in [0.2, 0.25) is 5.91 Å². The van der Waals surface area contributed by atoms with Gasteiger partial charge < -0.3 is 9.73 Å². The lowest BCUT2D eigenvalue weighted by Crippen LogP contribution is -2.13. The van der Waals surface area contributed by atoms with E-state index in [1.54, 1.807) is 24.3 Å². The number of halogens is 1. The Morgan fingerprint density at radius 3 is 2.88 bits per heavy atom. The third-order valence-corrected chi connectivity index (χ3v) is 4.64. The molecule has 2 N–H and O–H groups in total. The minimum atomic E-state index is -0.356. The van der Waals surface area contributed by atoms with Crippen molar-refractivity contribution in [2.24, 2.45) is 0 Å². The van der Waals surface area contributed by atoms with Crippen LogP contribution >= 0.6 is 22.9 Å². The van der Waals surface area contributed by atoms with Gasteiger partial charge in [-0.05, 0) is 43.2 Å². The van der Waals surface area contributed by atoms with Crippen LogP contribution in [0.1, 0.15) is 28.2 Å². The van der Waals surface area contributed by atoms with Gasteiger partial charge in [0.1, 0.15) is 0 Å².